The molecule has 3 fully saturated rings. The molecule has 1 aliphatic heterocycles. The Bertz CT molecular complexity index is 271. The van der Waals surface area contributed by atoms with Crippen molar-refractivity contribution in [3.05, 3.63) is 0 Å². The normalized spacial score (nSPS) is 30.1. The van der Waals surface area contributed by atoms with Gasteiger partial charge in [-0.2, -0.15) is 0 Å². The molecule has 3 rings (SSSR count). The van der Waals surface area contributed by atoms with Crippen LogP contribution in [0.2, 0.25) is 0 Å². The van der Waals surface area contributed by atoms with E-state index in [1.807, 2.05) is 0 Å². The summed E-state index contributed by atoms with van der Waals surface area (Å²) < 4.78 is 0. The highest BCUT2D eigenvalue weighted by Crippen LogP contribution is 2.32. The van der Waals surface area contributed by atoms with E-state index in [1.54, 1.807) is 0 Å². The lowest BCUT2D eigenvalue weighted by Crippen LogP contribution is -2.51. The van der Waals surface area contributed by atoms with Crippen LogP contribution in [0.5, 0.6) is 0 Å². The highest BCUT2D eigenvalue weighted by atomic mass is 16.2. The van der Waals surface area contributed by atoms with Crippen LogP contribution in [0.3, 0.4) is 0 Å². The highest BCUT2D eigenvalue weighted by Gasteiger charge is 2.37. The Morgan fingerprint density at radius 3 is 1.83 bits per heavy atom. The predicted molar refractivity (Wildman–Crippen MR) is 72.4 cm³/mol. The zero-order valence-corrected chi connectivity index (χ0v) is 11.4. The summed E-state index contributed by atoms with van der Waals surface area (Å²) in [4.78, 5) is 15.1. The second kappa shape index (κ2) is 5.60. The monoisotopic (exact) mass is 250 g/mol. The third-order valence-corrected chi connectivity index (χ3v) is 5.05. The van der Waals surface area contributed by atoms with E-state index in [2.05, 4.69) is 10.2 Å². The van der Waals surface area contributed by atoms with Crippen LogP contribution in [0.4, 0.5) is 0 Å². The molecule has 2 saturated carbocycles. The zero-order valence-electron chi connectivity index (χ0n) is 11.4. The molecule has 1 N–H and O–H groups in total. The minimum Gasteiger partial charge on any atom is -0.335 e. The highest BCUT2D eigenvalue weighted by molar-refractivity contribution is 5.83. The van der Waals surface area contributed by atoms with Crippen molar-refractivity contribution in [2.75, 3.05) is 6.54 Å². The van der Waals surface area contributed by atoms with Gasteiger partial charge in [0.25, 0.3) is 0 Å². The molecule has 0 aromatic carbocycles. The average molecular weight is 250 g/mol. The molecule has 3 nitrogen and oxygen atoms in total. The first-order valence-electron chi connectivity index (χ1n) is 7.92. The summed E-state index contributed by atoms with van der Waals surface area (Å²) in [5.74, 6) is 0.423. The van der Waals surface area contributed by atoms with Crippen molar-refractivity contribution in [1.82, 2.24) is 10.2 Å². The van der Waals surface area contributed by atoms with Gasteiger partial charge in [0.2, 0.25) is 5.91 Å². The molecule has 1 heterocycles. The molecule has 1 amide bonds. The summed E-state index contributed by atoms with van der Waals surface area (Å²) in [5, 5.41) is 3.39. The van der Waals surface area contributed by atoms with Crippen molar-refractivity contribution in [2.45, 2.75) is 82.3 Å². The van der Waals surface area contributed by atoms with Crippen molar-refractivity contribution < 1.29 is 4.79 Å². The second-order valence-corrected chi connectivity index (χ2v) is 6.27. The van der Waals surface area contributed by atoms with Gasteiger partial charge in [0.05, 0.1) is 6.04 Å². The quantitative estimate of drug-likeness (QED) is 0.834. The molecule has 1 saturated heterocycles. The molecule has 0 unspecified atom stereocenters. The van der Waals surface area contributed by atoms with Crippen molar-refractivity contribution in [1.29, 1.82) is 0 Å². The van der Waals surface area contributed by atoms with E-state index in [0.717, 1.165) is 13.0 Å². The van der Waals surface area contributed by atoms with Crippen LogP contribution >= 0.6 is 0 Å². The molecule has 0 aromatic heterocycles. The van der Waals surface area contributed by atoms with Gasteiger partial charge >= 0.3 is 0 Å². The van der Waals surface area contributed by atoms with Gasteiger partial charge in [-0.05, 0) is 45.1 Å². The fourth-order valence-electron chi connectivity index (χ4n) is 4.10. The predicted octanol–water partition coefficient (Wildman–Crippen LogP) is 2.45. The Morgan fingerprint density at radius 1 is 0.833 bits per heavy atom. The van der Waals surface area contributed by atoms with Crippen LogP contribution in [-0.2, 0) is 4.79 Å². The van der Waals surface area contributed by atoms with Gasteiger partial charge in [-0.1, -0.05) is 25.7 Å². The van der Waals surface area contributed by atoms with E-state index >= 15 is 0 Å². The maximum Gasteiger partial charge on any atom is 0.240 e. The largest absolute Gasteiger partial charge is 0.335 e. The number of carbonyl (C=O) groups is 1. The Hall–Kier alpha value is -0.570. The topological polar surface area (TPSA) is 32.3 Å². The van der Waals surface area contributed by atoms with Gasteiger partial charge in [-0.25, -0.2) is 0 Å². The van der Waals surface area contributed by atoms with Gasteiger partial charge in [0, 0.05) is 12.1 Å². The Kier molecular flexibility index (Phi) is 3.88. The van der Waals surface area contributed by atoms with Gasteiger partial charge < -0.3 is 10.2 Å². The molecule has 102 valence electrons. The molecule has 18 heavy (non-hydrogen) atoms. The lowest BCUT2D eigenvalue weighted by Gasteiger charge is -2.36. The Morgan fingerprint density at radius 2 is 1.39 bits per heavy atom. The van der Waals surface area contributed by atoms with Crippen LogP contribution in [0.25, 0.3) is 0 Å². The summed E-state index contributed by atoms with van der Waals surface area (Å²) in [5.41, 5.74) is 0. The van der Waals surface area contributed by atoms with Gasteiger partial charge in [-0.15, -0.1) is 0 Å². The van der Waals surface area contributed by atoms with Crippen molar-refractivity contribution >= 4 is 5.91 Å². The molecule has 1 atom stereocenters. The summed E-state index contributed by atoms with van der Waals surface area (Å²) in [6.07, 6.45) is 12.5. The minimum atomic E-state index is 0.131. The number of carbonyl (C=O) groups excluding carboxylic acids is 1. The molecular weight excluding hydrogens is 224 g/mol. The van der Waals surface area contributed by atoms with E-state index in [4.69, 9.17) is 0 Å². The number of rotatable bonds is 3. The first kappa shape index (κ1) is 12.5. The average Bonchev–Trinajstić information content (AvgIpc) is 3.14. The fourth-order valence-corrected chi connectivity index (χ4v) is 4.10. The van der Waals surface area contributed by atoms with E-state index in [0.29, 0.717) is 18.0 Å². The molecule has 0 spiro atoms. The van der Waals surface area contributed by atoms with E-state index in [9.17, 15) is 4.79 Å². The maximum atomic E-state index is 12.8. The van der Waals surface area contributed by atoms with Crippen LogP contribution < -0.4 is 5.32 Å². The van der Waals surface area contributed by atoms with Gasteiger partial charge in [0.15, 0.2) is 0 Å². The first-order valence-corrected chi connectivity index (χ1v) is 7.92. The summed E-state index contributed by atoms with van der Waals surface area (Å²) in [6, 6.07) is 1.25. The van der Waals surface area contributed by atoms with E-state index < -0.39 is 0 Å². The summed E-state index contributed by atoms with van der Waals surface area (Å²) >= 11 is 0. The zero-order chi connectivity index (χ0) is 12.4. The van der Waals surface area contributed by atoms with Crippen LogP contribution in [0.15, 0.2) is 0 Å². The maximum absolute atomic E-state index is 12.8. The summed E-state index contributed by atoms with van der Waals surface area (Å²) in [6.45, 7) is 1.03. The third kappa shape index (κ3) is 2.42. The van der Waals surface area contributed by atoms with Crippen molar-refractivity contribution in [3.8, 4) is 0 Å². The number of nitrogens with one attached hydrogen (secondary N) is 1. The number of hydrogen-bond acceptors (Lipinski definition) is 2. The molecule has 0 radical (unpaired) electrons. The first-order chi connectivity index (χ1) is 8.86. The second-order valence-electron chi connectivity index (χ2n) is 6.27. The molecular formula is C15H26N2O. The van der Waals surface area contributed by atoms with Crippen LogP contribution in [0, 0.1) is 0 Å². The Labute approximate surface area is 110 Å². The molecule has 0 bridgehead atoms. The van der Waals surface area contributed by atoms with Crippen LogP contribution in [0.1, 0.15) is 64.2 Å². The van der Waals surface area contributed by atoms with E-state index in [-0.39, 0.29) is 6.04 Å². The third-order valence-electron chi connectivity index (χ3n) is 5.05. The van der Waals surface area contributed by atoms with E-state index in [1.165, 1.54) is 57.8 Å². The van der Waals surface area contributed by atoms with Gasteiger partial charge in [0.1, 0.15) is 0 Å². The smallest absolute Gasteiger partial charge is 0.240 e. The Balaban J connectivity index is 1.72. The molecule has 2 aliphatic carbocycles. The van der Waals surface area contributed by atoms with Crippen molar-refractivity contribution in [3.63, 3.8) is 0 Å². The standard InChI is InChI=1S/C15H26N2O/c18-15(14-10-5-11-16-14)17(12-6-1-2-7-12)13-8-3-4-9-13/h12-14,16H,1-11H2/t14-/m1/s1. The lowest BCUT2D eigenvalue weighted by atomic mass is 10.1. The number of amides is 1. The number of nitrogens with zero attached hydrogens (tertiary/aromatic N) is 1. The van der Waals surface area contributed by atoms with Crippen molar-refractivity contribution in [2.24, 2.45) is 0 Å². The van der Waals surface area contributed by atoms with Gasteiger partial charge in [-0.3, -0.25) is 4.79 Å². The molecule has 0 aromatic rings. The summed E-state index contributed by atoms with van der Waals surface area (Å²) in [7, 11) is 0. The SMILES string of the molecule is O=C([C@H]1CCCN1)N(C1CCCC1)C1CCCC1. The molecule has 3 aliphatic rings. The molecule has 3 heteroatoms. The van der Waals surface area contributed by atoms with Crippen LogP contribution in [-0.4, -0.2) is 35.5 Å². The number of hydrogen-bond donors (Lipinski definition) is 1. The fraction of sp³-hybridized carbons (Fsp3) is 0.933. The minimum absolute atomic E-state index is 0.131. The lowest BCUT2D eigenvalue weighted by molar-refractivity contribution is -0.138.